The van der Waals surface area contributed by atoms with Gasteiger partial charge in [0.15, 0.2) is 0 Å². The molecule has 136 valence electrons. The Labute approximate surface area is 152 Å². The second kappa shape index (κ2) is 8.01. The average molecular weight is 354 g/mol. The van der Waals surface area contributed by atoms with E-state index < -0.39 is 12.0 Å². The van der Waals surface area contributed by atoms with E-state index in [0.29, 0.717) is 17.2 Å². The average Bonchev–Trinajstić information content (AvgIpc) is 3.45. The van der Waals surface area contributed by atoms with E-state index in [1.165, 1.54) is 0 Å². The summed E-state index contributed by atoms with van der Waals surface area (Å²) in [7, 11) is 0. The van der Waals surface area contributed by atoms with Crippen molar-refractivity contribution in [3.63, 3.8) is 0 Å². The van der Waals surface area contributed by atoms with E-state index in [0.717, 1.165) is 12.8 Å². The molecule has 0 aromatic heterocycles. The SMILES string of the molecule is CC(C(=O)O)N(CC(=O)Nc1cccc(Oc2ccccc2)c1)C1CC1. The Bertz CT molecular complexity index is 774. The lowest BCUT2D eigenvalue weighted by Crippen LogP contribution is -2.44. The van der Waals surface area contributed by atoms with E-state index in [4.69, 9.17) is 4.74 Å². The largest absolute Gasteiger partial charge is 0.480 e. The third kappa shape index (κ3) is 4.83. The number of ether oxygens (including phenoxy) is 1. The molecule has 1 unspecified atom stereocenters. The van der Waals surface area contributed by atoms with Gasteiger partial charge in [0.2, 0.25) is 5.91 Å². The summed E-state index contributed by atoms with van der Waals surface area (Å²) >= 11 is 0. The van der Waals surface area contributed by atoms with Crippen LogP contribution in [0, 0.1) is 0 Å². The van der Waals surface area contributed by atoms with Gasteiger partial charge in [-0.3, -0.25) is 14.5 Å². The summed E-state index contributed by atoms with van der Waals surface area (Å²) in [5.41, 5.74) is 0.613. The summed E-state index contributed by atoms with van der Waals surface area (Å²) in [6, 6.07) is 16.0. The number of nitrogens with one attached hydrogen (secondary N) is 1. The van der Waals surface area contributed by atoms with Gasteiger partial charge in [-0.05, 0) is 44.0 Å². The zero-order valence-corrected chi connectivity index (χ0v) is 14.6. The molecule has 0 aliphatic heterocycles. The fourth-order valence-electron chi connectivity index (χ4n) is 2.76. The molecule has 1 fully saturated rings. The number of para-hydroxylation sites is 1. The van der Waals surface area contributed by atoms with Gasteiger partial charge >= 0.3 is 5.97 Å². The predicted octanol–water partition coefficient (Wildman–Crippen LogP) is 3.35. The van der Waals surface area contributed by atoms with Gasteiger partial charge in [0.25, 0.3) is 0 Å². The van der Waals surface area contributed by atoms with Gasteiger partial charge < -0.3 is 15.2 Å². The highest BCUT2D eigenvalue weighted by Crippen LogP contribution is 2.29. The lowest BCUT2D eigenvalue weighted by Gasteiger charge is -2.25. The van der Waals surface area contributed by atoms with Gasteiger partial charge in [0.1, 0.15) is 17.5 Å². The maximum Gasteiger partial charge on any atom is 0.320 e. The first-order chi connectivity index (χ1) is 12.5. The molecule has 0 heterocycles. The smallest absolute Gasteiger partial charge is 0.320 e. The van der Waals surface area contributed by atoms with Gasteiger partial charge in [-0.2, -0.15) is 0 Å². The van der Waals surface area contributed by atoms with Crippen LogP contribution in [0.15, 0.2) is 54.6 Å². The number of aliphatic carboxylic acids is 1. The van der Waals surface area contributed by atoms with E-state index in [1.54, 1.807) is 30.0 Å². The molecule has 0 bridgehead atoms. The molecule has 6 nitrogen and oxygen atoms in total. The molecule has 6 heteroatoms. The molecule has 3 rings (SSSR count). The molecule has 2 aromatic rings. The number of hydrogen-bond acceptors (Lipinski definition) is 4. The Kier molecular flexibility index (Phi) is 5.53. The van der Waals surface area contributed by atoms with Crippen LogP contribution >= 0.6 is 0 Å². The molecule has 1 aliphatic carbocycles. The van der Waals surface area contributed by atoms with Gasteiger partial charge in [-0.15, -0.1) is 0 Å². The second-order valence-electron chi connectivity index (χ2n) is 6.41. The molecular formula is C20H22N2O4. The number of benzene rings is 2. The number of anilines is 1. The molecule has 26 heavy (non-hydrogen) atoms. The Morgan fingerprint density at radius 1 is 1.15 bits per heavy atom. The Hall–Kier alpha value is -2.86. The Balaban J connectivity index is 1.62. The lowest BCUT2D eigenvalue weighted by molar-refractivity contribution is -0.143. The van der Waals surface area contributed by atoms with E-state index in [1.807, 2.05) is 36.4 Å². The van der Waals surface area contributed by atoms with Crippen LogP contribution < -0.4 is 10.1 Å². The van der Waals surface area contributed by atoms with Crippen LogP contribution in [0.3, 0.4) is 0 Å². The highest BCUT2D eigenvalue weighted by Gasteiger charge is 2.36. The summed E-state index contributed by atoms with van der Waals surface area (Å²) in [6.45, 7) is 1.67. The van der Waals surface area contributed by atoms with Crippen molar-refractivity contribution in [3.05, 3.63) is 54.6 Å². The molecule has 0 saturated heterocycles. The fourth-order valence-corrected chi connectivity index (χ4v) is 2.76. The number of amides is 1. The molecule has 1 atom stereocenters. The minimum absolute atomic E-state index is 0.0574. The van der Waals surface area contributed by atoms with Crippen molar-refractivity contribution >= 4 is 17.6 Å². The zero-order valence-electron chi connectivity index (χ0n) is 14.6. The first-order valence-electron chi connectivity index (χ1n) is 8.64. The quantitative estimate of drug-likeness (QED) is 0.760. The number of carboxylic acids is 1. The van der Waals surface area contributed by atoms with Gasteiger partial charge in [0.05, 0.1) is 6.54 Å². The highest BCUT2D eigenvalue weighted by molar-refractivity contribution is 5.92. The number of nitrogens with zero attached hydrogens (tertiary/aromatic N) is 1. The van der Waals surface area contributed by atoms with E-state index in [9.17, 15) is 14.7 Å². The lowest BCUT2D eigenvalue weighted by atomic mass is 10.2. The number of rotatable bonds is 8. The van der Waals surface area contributed by atoms with Crippen LogP contribution in [0.2, 0.25) is 0 Å². The fraction of sp³-hybridized carbons (Fsp3) is 0.300. The third-order valence-corrected chi connectivity index (χ3v) is 4.29. The van der Waals surface area contributed by atoms with Crippen molar-refractivity contribution < 1.29 is 19.4 Å². The van der Waals surface area contributed by atoms with Crippen LogP contribution in [0.5, 0.6) is 11.5 Å². The molecule has 0 spiro atoms. The van der Waals surface area contributed by atoms with E-state index in [2.05, 4.69) is 5.32 Å². The molecule has 1 amide bonds. The summed E-state index contributed by atoms with van der Waals surface area (Å²) in [5.74, 6) is 0.183. The molecule has 2 aromatic carbocycles. The highest BCUT2D eigenvalue weighted by atomic mass is 16.5. The normalized spacial score (nSPS) is 14.7. The van der Waals surface area contributed by atoms with E-state index >= 15 is 0 Å². The van der Waals surface area contributed by atoms with Crippen LogP contribution in [-0.4, -0.2) is 40.5 Å². The van der Waals surface area contributed by atoms with Gasteiger partial charge in [-0.25, -0.2) is 0 Å². The summed E-state index contributed by atoms with van der Waals surface area (Å²) in [4.78, 5) is 25.3. The summed E-state index contributed by atoms with van der Waals surface area (Å²) in [6.07, 6.45) is 1.87. The Morgan fingerprint density at radius 3 is 2.50 bits per heavy atom. The zero-order chi connectivity index (χ0) is 18.5. The van der Waals surface area contributed by atoms with Gasteiger partial charge in [-0.1, -0.05) is 24.3 Å². The third-order valence-electron chi connectivity index (χ3n) is 4.29. The first kappa shape index (κ1) is 17.9. The topological polar surface area (TPSA) is 78.9 Å². The van der Waals surface area contributed by atoms with Crippen LogP contribution in [0.4, 0.5) is 5.69 Å². The maximum absolute atomic E-state index is 12.4. The van der Waals surface area contributed by atoms with Crippen molar-refractivity contribution in [3.8, 4) is 11.5 Å². The van der Waals surface area contributed by atoms with Gasteiger partial charge in [0, 0.05) is 17.8 Å². The van der Waals surface area contributed by atoms with Crippen molar-refractivity contribution in [1.29, 1.82) is 0 Å². The molecule has 1 saturated carbocycles. The predicted molar refractivity (Wildman–Crippen MR) is 98.4 cm³/mol. The summed E-state index contributed by atoms with van der Waals surface area (Å²) < 4.78 is 5.76. The van der Waals surface area contributed by atoms with Crippen LogP contribution in [-0.2, 0) is 9.59 Å². The minimum Gasteiger partial charge on any atom is -0.480 e. The van der Waals surface area contributed by atoms with Crippen molar-refractivity contribution in [2.45, 2.75) is 31.8 Å². The van der Waals surface area contributed by atoms with Crippen LogP contribution in [0.25, 0.3) is 0 Å². The molecular weight excluding hydrogens is 332 g/mol. The molecule has 2 N–H and O–H groups in total. The molecule has 0 radical (unpaired) electrons. The van der Waals surface area contributed by atoms with Crippen molar-refractivity contribution in [2.75, 3.05) is 11.9 Å². The standard InChI is InChI=1S/C20H22N2O4/c1-14(20(24)25)22(16-10-11-16)13-19(23)21-15-6-5-9-18(12-15)26-17-7-3-2-4-8-17/h2-9,12,14,16H,10-11,13H2,1H3,(H,21,23)(H,24,25). The summed E-state index contributed by atoms with van der Waals surface area (Å²) in [5, 5.41) is 12.0. The van der Waals surface area contributed by atoms with Crippen molar-refractivity contribution in [1.82, 2.24) is 4.90 Å². The minimum atomic E-state index is -0.914. The Morgan fingerprint density at radius 2 is 1.85 bits per heavy atom. The number of hydrogen-bond donors (Lipinski definition) is 2. The number of carbonyl (C=O) groups excluding carboxylic acids is 1. The number of carboxylic acid groups (broad SMARTS) is 1. The monoisotopic (exact) mass is 354 g/mol. The molecule has 1 aliphatic rings. The maximum atomic E-state index is 12.4. The first-order valence-corrected chi connectivity index (χ1v) is 8.64. The van der Waals surface area contributed by atoms with Crippen LogP contribution in [0.1, 0.15) is 19.8 Å². The van der Waals surface area contributed by atoms with Crippen molar-refractivity contribution in [2.24, 2.45) is 0 Å². The second-order valence-corrected chi connectivity index (χ2v) is 6.41. The number of carbonyl (C=O) groups is 2. The van der Waals surface area contributed by atoms with E-state index in [-0.39, 0.29) is 18.5 Å².